The van der Waals surface area contributed by atoms with Crippen LogP contribution < -0.4 is 4.74 Å². The van der Waals surface area contributed by atoms with Gasteiger partial charge in [0.05, 0.1) is 28.8 Å². The highest BCUT2D eigenvalue weighted by atomic mass is 32.2. The Labute approximate surface area is 257 Å². The number of sulfone groups is 1. The standard InChI is InChI=1S/C32H28F4N4O4S/c1-3-5-29(41)40-15-4-6-23(19-40)44-28-14-10-22(18-37-28)30(21-9-13-27-25(16-21)31(33)39-38-27)26(17-32(34,35)36)20-7-11-24(12-8-20)45(2,42)43/h7-14,16,18,23H,4,6,15,17,19H2,1-2H3,(H,38,39)/b30-26-/t23-/m1/s1. The number of amides is 1. The first-order chi connectivity index (χ1) is 21.3. The van der Waals surface area contributed by atoms with Gasteiger partial charge in [-0.3, -0.25) is 9.89 Å². The lowest BCUT2D eigenvalue weighted by atomic mass is 9.88. The Morgan fingerprint density at radius 1 is 1.09 bits per heavy atom. The molecule has 1 fully saturated rings. The molecule has 1 N–H and O–H groups in total. The van der Waals surface area contributed by atoms with Gasteiger partial charge in [-0.1, -0.05) is 24.1 Å². The molecule has 8 nitrogen and oxygen atoms in total. The number of likely N-dealkylation sites (tertiary alicyclic amines) is 1. The van der Waals surface area contributed by atoms with Crippen molar-refractivity contribution in [2.24, 2.45) is 0 Å². The second-order valence-electron chi connectivity index (χ2n) is 10.6. The molecule has 13 heteroatoms. The van der Waals surface area contributed by atoms with Crippen LogP contribution in [0.4, 0.5) is 17.6 Å². The highest BCUT2D eigenvalue weighted by molar-refractivity contribution is 7.90. The van der Waals surface area contributed by atoms with E-state index in [-0.39, 0.29) is 61.5 Å². The van der Waals surface area contributed by atoms with Gasteiger partial charge >= 0.3 is 6.18 Å². The van der Waals surface area contributed by atoms with E-state index in [4.69, 9.17) is 4.74 Å². The van der Waals surface area contributed by atoms with Gasteiger partial charge in [-0.15, -0.1) is 0 Å². The van der Waals surface area contributed by atoms with Crippen molar-refractivity contribution in [3.63, 3.8) is 0 Å². The Morgan fingerprint density at radius 3 is 2.44 bits per heavy atom. The molecule has 3 heterocycles. The van der Waals surface area contributed by atoms with Crippen molar-refractivity contribution in [1.82, 2.24) is 20.1 Å². The Morgan fingerprint density at radius 2 is 1.80 bits per heavy atom. The van der Waals surface area contributed by atoms with E-state index >= 15 is 0 Å². The summed E-state index contributed by atoms with van der Waals surface area (Å²) in [5.41, 5.74) is 0.925. The van der Waals surface area contributed by atoms with Crippen LogP contribution in [0.2, 0.25) is 0 Å². The number of nitrogens with one attached hydrogen (secondary N) is 1. The van der Waals surface area contributed by atoms with E-state index < -0.39 is 28.4 Å². The molecule has 1 atom stereocenters. The van der Waals surface area contributed by atoms with Crippen LogP contribution in [-0.2, 0) is 14.6 Å². The Balaban J connectivity index is 1.59. The maximum atomic E-state index is 14.5. The van der Waals surface area contributed by atoms with Crippen LogP contribution >= 0.6 is 0 Å². The van der Waals surface area contributed by atoms with Crippen molar-refractivity contribution in [3.05, 3.63) is 83.4 Å². The third kappa shape index (κ3) is 7.51. The zero-order valence-electron chi connectivity index (χ0n) is 24.3. The molecule has 2 aromatic heterocycles. The van der Waals surface area contributed by atoms with Gasteiger partial charge in [-0.2, -0.15) is 22.7 Å². The summed E-state index contributed by atoms with van der Waals surface area (Å²) in [6.45, 7) is 2.46. The van der Waals surface area contributed by atoms with Gasteiger partial charge in [-0.25, -0.2) is 13.4 Å². The topological polar surface area (TPSA) is 105 Å². The number of halogens is 4. The summed E-state index contributed by atoms with van der Waals surface area (Å²) in [6.07, 6.45) is -2.61. The van der Waals surface area contributed by atoms with Crippen molar-refractivity contribution in [1.29, 1.82) is 0 Å². The van der Waals surface area contributed by atoms with E-state index in [0.717, 1.165) is 6.26 Å². The van der Waals surface area contributed by atoms with Crippen molar-refractivity contribution in [3.8, 4) is 17.7 Å². The molecule has 0 radical (unpaired) electrons. The minimum Gasteiger partial charge on any atom is -0.472 e. The van der Waals surface area contributed by atoms with E-state index in [0.29, 0.717) is 25.9 Å². The second-order valence-corrected chi connectivity index (χ2v) is 12.6. The SMILES string of the molecule is CC#CC(=O)N1CCC[C@@H](Oc2ccc(/C(=C(/CC(F)(F)F)c3ccc(S(C)(=O)=O)cc3)c3ccc4n[nH]c(F)c4c3)cn2)C1. The number of allylic oxidation sites excluding steroid dienone is 1. The highest BCUT2D eigenvalue weighted by Gasteiger charge is 2.32. The third-order valence-electron chi connectivity index (χ3n) is 7.32. The number of hydrogen-bond donors (Lipinski definition) is 1. The van der Waals surface area contributed by atoms with Crippen LogP contribution in [0.1, 0.15) is 42.9 Å². The molecule has 0 bridgehead atoms. The summed E-state index contributed by atoms with van der Waals surface area (Å²) in [7, 11) is -3.60. The fourth-order valence-electron chi connectivity index (χ4n) is 5.26. The molecular weight excluding hydrogens is 612 g/mol. The maximum Gasteiger partial charge on any atom is 0.393 e. The van der Waals surface area contributed by atoms with Crippen LogP contribution in [0, 0.1) is 17.8 Å². The zero-order valence-corrected chi connectivity index (χ0v) is 25.1. The first-order valence-corrected chi connectivity index (χ1v) is 15.8. The summed E-state index contributed by atoms with van der Waals surface area (Å²) in [5.74, 6) is 4.29. The lowest BCUT2D eigenvalue weighted by Crippen LogP contribution is -2.44. The summed E-state index contributed by atoms with van der Waals surface area (Å²) in [6, 6.07) is 12.6. The van der Waals surface area contributed by atoms with Gasteiger partial charge in [0.2, 0.25) is 11.8 Å². The predicted octanol–water partition coefficient (Wildman–Crippen LogP) is 5.81. The highest BCUT2D eigenvalue weighted by Crippen LogP contribution is 2.40. The first kappa shape index (κ1) is 31.7. The minimum absolute atomic E-state index is 0.0473. The molecule has 1 aliphatic rings. The summed E-state index contributed by atoms with van der Waals surface area (Å²) in [5, 5.41) is 6.19. The van der Waals surface area contributed by atoms with Gasteiger partial charge in [-0.05, 0) is 78.3 Å². The number of carbonyl (C=O) groups is 1. The van der Waals surface area contributed by atoms with E-state index in [1.54, 1.807) is 17.9 Å². The van der Waals surface area contributed by atoms with E-state index in [2.05, 4.69) is 27.0 Å². The number of alkyl halides is 3. The van der Waals surface area contributed by atoms with Crippen LogP contribution in [0.5, 0.6) is 5.88 Å². The molecule has 4 aromatic rings. The van der Waals surface area contributed by atoms with Crippen molar-refractivity contribution in [2.45, 2.75) is 43.4 Å². The largest absolute Gasteiger partial charge is 0.472 e. The number of aromatic nitrogens is 3. The summed E-state index contributed by atoms with van der Waals surface area (Å²) >= 11 is 0. The molecule has 2 aromatic carbocycles. The predicted molar refractivity (Wildman–Crippen MR) is 160 cm³/mol. The number of nitrogens with zero attached hydrogens (tertiary/aromatic N) is 3. The van der Waals surface area contributed by atoms with Gasteiger partial charge in [0.15, 0.2) is 9.84 Å². The molecule has 0 unspecified atom stereocenters. The number of carbonyl (C=O) groups excluding carboxylic acids is 1. The number of piperidine rings is 1. The fraction of sp³-hybridized carbons (Fsp3) is 0.281. The average molecular weight is 641 g/mol. The number of aromatic amines is 1. The summed E-state index contributed by atoms with van der Waals surface area (Å²) in [4.78, 5) is 18.1. The van der Waals surface area contributed by atoms with Crippen molar-refractivity contribution < 1.29 is 35.5 Å². The number of pyridine rings is 1. The fourth-order valence-corrected chi connectivity index (χ4v) is 5.89. The van der Waals surface area contributed by atoms with E-state index in [9.17, 15) is 30.8 Å². The molecule has 1 aliphatic heterocycles. The molecule has 45 heavy (non-hydrogen) atoms. The monoisotopic (exact) mass is 640 g/mol. The van der Waals surface area contributed by atoms with Gasteiger partial charge in [0, 0.05) is 30.6 Å². The summed E-state index contributed by atoms with van der Waals surface area (Å²) < 4.78 is 86.9. The van der Waals surface area contributed by atoms with Crippen molar-refractivity contribution >= 4 is 37.8 Å². The number of H-pyrrole nitrogens is 1. The molecular formula is C32H28F4N4O4S. The molecule has 1 saturated heterocycles. The molecule has 0 saturated carbocycles. The normalized spacial score (nSPS) is 16.1. The molecule has 5 rings (SSSR count). The second kappa shape index (κ2) is 12.7. The van der Waals surface area contributed by atoms with Crippen LogP contribution in [0.25, 0.3) is 22.0 Å². The van der Waals surface area contributed by atoms with Crippen LogP contribution in [0.15, 0.2) is 65.7 Å². The smallest absolute Gasteiger partial charge is 0.393 e. The van der Waals surface area contributed by atoms with Gasteiger partial charge in [0.1, 0.15) is 6.10 Å². The molecule has 234 valence electrons. The minimum atomic E-state index is -4.65. The van der Waals surface area contributed by atoms with Gasteiger partial charge < -0.3 is 9.64 Å². The number of benzene rings is 2. The average Bonchev–Trinajstić information content (AvgIpc) is 3.37. The maximum absolute atomic E-state index is 14.5. The van der Waals surface area contributed by atoms with Crippen molar-refractivity contribution in [2.75, 3.05) is 19.3 Å². The molecule has 0 aliphatic carbocycles. The number of rotatable bonds is 7. The van der Waals surface area contributed by atoms with Crippen LogP contribution in [-0.4, -0.2) is 66.0 Å². The zero-order chi connectivity index (χ0) is 32.4. The number of ether oxygens (including phenoxy) is 1. The first-order valence-electron chi connectivity index (χ1n) is 13.9. The van der Waals surface area contributed by atoms with Crippen LogP contribution in [0.3, 0.4) is 0 Å². The van der Waals surface area contributed by atoms with E-state index in [1.807, 2.05) is 0 Å². The number of fused-ring (bicyclic) bond motifs is 1. The quantitative estimate of drug-likeness (QED) is 0.156. The van der Waals surface area contributed by atoms with Gasteiger partial charge in [0.25, 0.3) is 5.91 Å². The molecule has 0 spiro atoms. The Hall–Kier alpha value is -4.70. The third-order valence-corrected chi connectivity index (χ3v) is 8.44. The lowest BCUT2D eigenvalue weighted by Gasteiger charge is -2.31. The lowest BCUT2D eigenvalue weighted by molar-refractivity contribution is -0.127. The Kier molecular flexibility index (Phi) is 8.97. The Bertz CT molecular complexity index is 1920. The molecule has 1 amide bonds. The number of hydrogen-bond acceptors (Lipinski definition) is 6. The van der Waals surface area contributed by atoms with E-state index in [1.165, 1.54) is 54.7 Å².